The van der Waals surface area contributed by atoms with Gasteiger partial charge in [-0.2, -0.15) is 0 Å². The SMILES string of the molecule is O=C(O)CC1(C(=O)Nc2cccc(C(F)F)c2)CCOCC1. The molecule has 1 aromatic carbocycles. The van der Waals surface area contributed by atoms with E-state index in [2.05, 4.69) is 5.32 Å². The molecule has 0 aromatic heterocycles. The molecule has 22 heavy (non-hydrogen) atoms. The predicted molar refractivity (Wildman–Crippen MR) is 74.8 cm³/mol. The van der Waals surface area contributed by atoms with Crippen LogP contribution in [0.3, 0.4) is 0 Å². The van der Waals surface area contributed by atoms with Crippen molar-refractivity contribution in [1.82, 2.24) is 0 Å². The van der Waals surface area contributed by atoms with Gasteiger partial charge in [-0.25, -0.2) is 8.78 Å². The van der Waals surface area contributed by atoms with Crippen LogP contribution in [0, 0.1) is 5.41 Å². The highest BCUT2D eigenvalue weighted by atomic mass is 19.3. The van der Waals surface area contributed by atoms with Gasteiger partial charge in [-0.1, -0.05) is 12.1 Å². The number of ether oxygens (including phenoxy) is 1. The Hall–Kier alpha value is -2.02. The summed E-state index contributed by atoms with van der Waals surface area (Å²) in [5.74, 6) is -1.54. The molecule has 0 saturated carbocycles. The maximum absolute atomic E-state index is 12.7. The molecule has 2 rings (SSSR count). The summed E-state index contributed by atoms with van der Waals surface area (Å²) in [5.41, 5.74) is -1.03. The van der Waals surface area contributed by atoms with E-state index in [0.29, 0.717) is 26.1 Å². The number of nitrogens with one attached hydrogen (secondary N) is 1. The zero-order chi connectivity index (χ0) is 16.2. The zero-order valence-electron chi connectivity index (χ0n) is 11.9. The van der Waals surface area contributed by atoms with Crippen LogP contribution in [0.25, 0.3) is 0 Å². The molecule has 0 bridgehead atoms. The van der Waals surface area contributed by atoms with Gasteiger partial charge in [0.15, 0.2) is 0 Å². The second-order valence-electron chi connectivity index (χ2n) is 5.34. The molecule has 0 aliphatic carbocycles. The number of carbonyl (C=O) groups excluding carboxylic acids is 1. The first-order valence-corrected chi connectivity index (χ1v) is 6.92. The quantitative estimate of drug-likeness (QED) is 0.876. The molecule has 0 spiro atoms. The molecule has 5 nitrogen and oxygen atoms in total. The van der Waals surface area contributed by atoms with E-state index < -0.39 is 23.7 Å². The van der Waals surface area contributed by atoms with Gasteiger partial charge in [-0.05, 0) is 25.0 Å². The Balaban J connectivity index is 2.17. The Kier molecular flexibility index (Phi) is 5.07. The van der Waals surface area contributed by atoms with E-state index >= 15 is 0 Å². The summed E-state index contributed by atoms with van der Waals surface area (Å²) in [5, 5.41) is 11.6. The van der Waals surface area contributed by atoms with E-state index in [4.69, 9.17) is 9.84 Å². The Bertz CT molecular complexity index is 556. The number of rotatable bonds is 5. The van der Waals surface area contributed by atoms with Crippen LogP contribution in [0.4, 0.5) is 14.5 Å². The number of hydrogen-bond donors (Lipinski definition) is 2. The second kappa shape index (κ2) is 6.83. The number of carboxylic acid groups (broad SMARTS) is 1. The molecule has 2 N–H and O–H groups in total. The lowest BCUT2D eigenvalue weighted by molar-refractivity contribution is -0.147. The first kappa shape index (κ1) is 16.4. The van der Waals surface area contributed by atoms with E-state index in [-0.39, 0.29) is 17.7 Å². The highest BCUT2D eigenvalue weighted by molar-refractivity contribution is 5.97. The third-order valence-corrected chi connectivity index (χ3v) is 3.82. The molecule has 0 atom stereocenters. The van der Waals surface area contributed by atoms with Crippen molar-refractivity contribution < 1.29 is 28.2 Å². The lowest BCUT2D eigenvalue weighted by Crippen LogP contribution is -2.42. The van der Waals surface area contributed by atoms with Crippen molar-refractivity contribution >= 4 is 17.6 Å². The third-order valence-electron chi connectivity index (χ3n) is 3.82. The van der Waals surface area contributed by atoms with E-state index in [1.807, 2.05) is 0 Å². The van der Waals surface area contributed by atoms with Crippen molar-refractivity contribution in [2.24, 2.45) is 5.41 Å². The standard InChI is InChI=1S/C15H17F2NO4/c16-13(17)10-2-1-3-11(8-10)18-14(21)15(9-12(19)20)4-6-22-7-5-15/h1-3,8,13H,4-7,9H2,(H,18,21)(H,19,20). The number of hydrogen-bond acceptors (Lipinski definition) is 3. The second-order valence-corrected chi connectivity index (χ2v) is 5.34. The summed E-state index contributed by atoms with van der Waals surface area (Å²) in [4.78, 5) is 23.5. The first-order chi connectivity index (χ1) is 10.4. The van der Waals surface area contributed by atoms with Crippen molar-refractivity contribution in [3.8, 4) is 0 Å². The maximum Gasteiger partial charge on any atom is 0.304 e. The molecular formula is C15H17F2NO4. The van der Waals surface area contributed by atoms with Crippen LogP contribution in [-0.4, -0.2) is 30.2 Å². The highest BCUT2D eigenvalue weighted by Gasteiger charge is 2.42. The van der Waals surface area contributed by atoms with E-state index in [1.165, 1.54) is 24.3 Å². The average Bonchev–Trinajstić information content (AvgIpc) is 2.47. The van der Waals surface area contributed by atoms with E-state index in [0.717, 1.165) is 0 Å². The first-order valence-electron chi connectivity index (χ1n) is 6.92. The Morgan fingerprint density at radius 3 is 2.59 bits per heavy atom. The molecule has 7 heteroatoms. The molecule has 120 valence electrons. The molecule has 0 unspecified atom stereocenters. The summed E-state index contributed by atoms with van der Waals surface area (Å²) < 4.78 is 30.5. The average molecular weight is 313 g/mol. The molecule has 0 radical (unpaired) electrons. The summed E-state index contributed by atoms with van der Waals surface area (Å²) in [6.45, 7) is 0.607. The smallest absolute Gasteiger partial charge is 0.304 e. The minimum atomic E-state index is -2.63. The molecule has 1 aromatic rings. The summed E-state index contributed by atoms with van der Waals surface area (Å²) in [6, 6.07) is 5.38. The van der Waals surface area contributed by atoms with Crippen molar-refractivity contribution in [3.63, 3.8) is 0 Å². The number of carboxylic acids is 1. The number of anilines is 1. The van der Waals surface area contributed by atoms with Crippen molar-refractivity contribution in [3.05, 3.63) is 29.8 Å². The van der Waals surface area contributed by atoms with Crippen LogP contribution in [0.15, 0.2) is 24.3 Å². The number of halogens is 2. The maximum atomic E-state index is 12.7. The van der Waals surface area contributed by atoms with Crippen LogP contribution >= 0.6 is 0 Å². The topological polar surface area (TPSA) is 75.6 Å². The minimum Gasteiger partial charge on any atom is -0.481 e. The molecule has 1 aliphatic rings. The monoisotopic (exact) mass is 313 g/mol. The number of aliphatic carboxylic acids is 1. The number of amides is 1. The zero-order valence-corrected chi connectivity index (χ0v) is 11.9. The highest BCUT2D eigenvalue weighted by Crippen LogP contribution is 2.36. The van der Waals surface area contributed by atoms with Gasteiger partial charge in [0.1, 0.15) is 0 Å². The van der Waals surface area contributed by atoms with E-state index in [9.17, 15) is 18.4 Å². The van der Waals surface area contributed by atoms with Gasteiger partial charge in [0.2, 0.25) is 5.91 Å². The van der Waals surface area contributed by atoms with Crippen LogP contribution < -0.4 is 5.32 Å². The van der Waals surface area contributed by atoms with Gasteiger partial charge in [0.25, 0.3) is 6.43 Å². The lowest BCUT2D eigenvalue weighted by Gasteiger charge is -2.34. The van der Waals surface area contributed by atoms with Gasteiger partial charge in [0, 0.05) is 24.5 Å². The van der Waals surface area contributed by atoms with Gasteiger partial charge in [0.05, 0.1) is 11.8 Å². The molecule has 1 amide bonds. The van der Waals surface area contributed by atoms with Gasteiger partial charge in [-0.15, -0.1) is 0 Å². The molecule has 1 aliphatic heterocycles. The van der Waals surface area contributed by atoms with Crippen molar-refractivity contribution in [1.29, 1.82) is 0 Å². The molecular weight excluding hydrogens is 296 g/mol. The Morgan fingerprint density at radius 2 is 2.00 bits per heavy atom. The van der Waals surface area contributed by atoms with Gasteiger partial charge in [-0.3, -0.25) is 9.59 Å². The van der Waals surface area contributed by atoms with E-state index in [1.54, 1.807) is 0 Å². The Morgan fingerprint density at radius 1 is 1.32 bits per heavy atom. The van der Waals surface area contributed by atoms with Gasteiger partial charge < -0.3 is 15.2 Å². The Labute approximate surface area is 126 Å². The van der Waals surface area contributed by atoms with Crippen LogP contribution in [0.2, 0.25) is 0 Å². The van der Waals surface area contributed by atoms with Crippen molar-refractivity contribution in [2.45, 2.75) is 25.7 Å². The summed E-state index contributed by atoms with van der Waals surface area (Å²) >= 11 is 0. The molecule has 1 heterocycles. The summed E-state index contributed by atoms with van der Waals surface area (Å²) in [6.07, 6.45) is -2.36. The fourth-order valence-electron chi connectivity index (χ4n) is 2.55. The van der Waals surface area contributed by atoms with Crippen LogP contribution in [0.5, 0.6) is 0 Å². The largest absolute Gasteiger partial charge is 0.481 e. The number of alkyl halides is 2. The number of carbonyl (C=O) groups is 2. The minimum absolute atomic E-state index is 0.197. The normalized spacial score (nSPS) is 17.2. The molecule has 1 saturated heterocycles. The van der Waals surface area contributed by atoms with Crippen LogP contribution in [-0.2, 0) is 14.3 Å². The van der Waals surface area contributed by atoms with Gasteiger partial charge >= 0.3 is 5.97 Å². The fourth-order valence-corrected chi connectivity index (χ4v) is 2.55. The summed E-state index contributed by atoms with van der Waals surface area (Å²) in [7, 11) is 0. The third kappa shape index (κ3) is 3.79. The van der Waals surface area contributed by atoms with Crippen LogP contribution in [0.1, 0.15) is 31.3 Å². The number of benzene rings is 1. The fraction of sp³-hybridized carbons (Fsp3) is 0.467. The molecule has 1 fully saturated rings. The van der Waals surface area contributed by atoms with Crippen molar-refractivity contribution in [2.75, 3.05) is 18.5 Å². The lowest BCUT2D eigenvalue weighted by atomic mass is 9.76. The predicted octanol–water partition coefficient (Wildman–Crippen LogP) is 2.83.